The molecule has 0 radical (unpaired) electrons. The summed E-state index contributed by atoms with van der Waals surface area (Å²) in [7, 11) is 0. The Kier molecular flexibility index (Phi) is 8.08. The maximum Gasteiger partial charge on any atom is 0.408 e. The van der Waals surface area contributed by atoms with Gasteiger partial charge in [0, 0.05) is 23.7 Å². The fourth-order valence-corrected chi connectivity index (χ4v) is 6.25. The summed E-state index contributed by atoms with van der Waals surface area (Å²) in [4.78, 5) is 28.0. The third kappa shape index (κ3) is 5.82. The van der Waals surface area contributed by atoms with Crippen LogP contribution in [0.5, 0.6) is 0 Å². The highest BCUT2D eigenvalue weighted by molar-refractivity contribution is 6.30. The smallest absolute Gasteiger partial charge is 0.408 e. The summed E-state index contributed by atoms with van der Waals surface area (Å²) in [6.45, 7) is 4.77. The van der Waals surface area contributed by atoms with Crippen molar-refractivity contribution in [3.63, 3.8) is 0 Å². The van der Waals surface area contributed by atoms with Crippen molar-refractivity contribution in [2.24, 2.45) is 17.6 Å². The van der Waals surface area contributed by atoms with Crippen LogP contribution < -0.4 is 10.6 Å². The van der Waals surface area contributed by atoms with E-state index in [1.165, 1.54) is 12.8 Å². The number of anilines is 1. The van der Waals surface area contributed by atoms with Gasteiger partial charge in [0.05, 0.1) is 25.2 Å². The molecule has 0 unspecified atom stereocenters. The Labute approximate surface area is 249 Å². The quantitative estimate of drug-likeness (QED) is 0.218. The first-order valence-corrected chi connectivity index (χ1v) is 14.7. The number of nitrogens with zero attached hydrogens (tertiary/aromatic N) is 6. The molecular formula is C31H33ClN7O3-. The molecule has 1 atom stereocenters. The van der Waals surface area contributed by atoms with E-state index < -0.39 is 12.0 Å². The van der Waals surface area contributed by atoms with Crippen LogP contribution in [0.1, 0.15) is 50.0 Å². The average Bonchev–Trinajstić information content (AvgIpc) is 3.36. The molecule has 6 rings (SSSR count). The molecule has 2 aromatic carbocycles. The van der Waals surface area contributed by atoms with Gasteiger partial charge in [-0.1, -0.05) is 73.8 Å². The van der Waals surface area contributed by atoms with Crippen LogP contribution in [0.3, 0.4) is 0 Å². The predicted molar refractivity (Wildman–Crippen MR) is 162 cm³/mol. The maximum atomic E-state index is 11.4. The Morgan fingerprint density at radius 2 is 1.88 bits per heavy atom. The first-order chi connectivity index (χ1) is 20.4. The van der Waals surface area contributed by atoms with Gasteiger partial charge in [0.1, 0.15) is 11.2 Å². The number of nitrogens with two attached hydrogens (primary N) is 1. The minimum absolute atomic E-state index is 0.0536. The zero-order chi connectivity index (χ0) is 29.2. The molecule has 2 aliphatic rings. The van der Waals surface area contributed by atoms with Crippen molar-refractivity contribution in [3.05, 3.63) is 76.4 Å². The summed E-state index contributed by atoms with van der Waals surface area (Å²) in [5, 5.41) is 11.1. The van der Waals surface area contributed by atoms with E-state index in [4.69, 9.17) is 31.8 Å². The van der Waals surface area contributed by atoms with Crippen LogP contribution in [-0.2, 0) is 16.0 Å². The minimum atomic E-state index is -1.17. The van der Waals surface area contributed by atoms with Crippen molar-refractivity contribution >= 4 is 40.7 Å². The number of carbonyl (C=O) groups is 1. The van der Waals surface area contributed by atoms with E-state index in [0.29, 0.717) is 42.0 Å². The molecule has 4 aromatic rings. The SMILES string of the molecule is CC1CCC(Cn2c(N3CCOC[C@H]3c3ccccc3)nc3nc(C(=[N-])OC(N)=O)nc(-c4cccc(Cl)c4)c32)CC1. The second-order valence-corrected chi connectivity index (χ2v) is 11.6. The molecule has 11 heteroatoms. The van der Waals surface area contributed by atoms with Crippen molar-refractivity contribution in [3.8, 4) is 11.3 Å². The van der Waals surface area contributed by atoms with Gasteiger partial charge < -0.3 is 30.1 Å². The second kappa shape index (κ2) is 12.1. The van der Waals surface area contributed by atoms with E-state index in [1.807, 2.05) is 30.3 Å². The number of hydrogen-bond donors (Lipinski definition) is 1. The standard InChI is InChI=1S/C31H33ClN7O3/c1-19-10-12-20(13-11-19)17-39-26-25(22-8-5-9-23(32)16-22)35-29(27(33)42-30(34)40)36-28(26)37-31(39)38-14-15-41-18-24(38)21-6-3-2-4-7-21/h2-9,16,19-20,24H,10-15,17-18H2,1H3,(H2,34,40)/q-1/t19?,20?,24-/m0/s1. The summed E-state index contributed by atoms with van der Waals surface area (Å²) in [5.41, 5.74) is 8.62. The van der Waals surface area contributed by atoms with Crippen LogP contribution in [0, 0.1) is 11.8 Å². The Balaban J connectivity index is 1.56. The van der Waals surface area contributed by atoms with Crippen molar-refractivity contribution in [2.45, 2.75) is 45.2 Å². The average molecular weight is 587 g/mol. The van der Waals surface area contributed by atoms with Gasteiger partial charge in [-0.2, -0.15) is 4.98 Å². The Bertz CT molecular complexity index is 1600. The Hall–Kier alpha value is -4.02. The van der Waals surface area contributed by atoms with Crippen LogP contribution in [0.25, 0.3) is 27.8 Å². The number of fused-ring (bicyclic) bond motifs is 1. The Morgan fingerprint density at radius 3 is 2.62 bits per heavy atom. The molecular weight excluding hydrogens is 554 g/mol. The van der Waals surface area contributed by atoms with E-state index in [-0.39, 0.29) is 11.9 Å². The summed E-state index contributed by atoms with van der Waals surface area (Å²) >= 11 is 6.41. The number of primary amides is 1. The first-order valence-electron chi connectivity index (χ1n) is 14.3. The molecule has 1 saturated heterocycles. The van der Waals surface area contributed by atoms with E-state index in [0.717, 1.165) is 47.9 Å². The molecule has 1 aliphatic carbocycles. The number of benzene rings is 2. The zero-order valence-corrected chi connectivity index (χ0v) is 24.2. The molecule has 1 amide bonds. The van der Waals surface area contributed by atoms with Gasteiger partial charge >= 0.3 is 6.09 Å². The summed E-state index contributed by atoms with van der Waals surface area (Å²) in [5.74, 6) is 0.946. The molecule has 42 heavy (non-hydrogen) atoms. The molecule has 10 nitrogen and oxygen atoms in total. The van der Waals surface area contributed by atoms with Crippen molar-refractivity contribution in [2.75, 3.05) is 24.7 Å². The Morgan fingerprint density at radius 1 is 1.10 bits per heavy atom. The fraction of sp³-hybridized carbons (Fsp3) is 0.387. The zero-order valence-electron chi connectivity index (χ0n) is 23.4. The summed E-state index contributed by atoms with van der Waals surface area (Å²) < 4.78 is 12.9. The lowest BCUT2D eigenvalue weighted by atomic mass is 9.83. The van der Waals surface area contributed by atoms with Gasteiger partial charge in [-0.05, 0) is 42.4 Å². The number of aromatic nitrogens is 4. The third-order valence-electron chi connectivity index (χ3n) is 8.22. The van der Waals surface area contributed by atoms with Crippen LogP contribution >= 0.6 is 11.6 Å². The largest absolute Gasteiger partial charge is 0.767 e. The highest BCUT2D eigenvalue weighted by atomic mass is 35.5. The van der Waals surface area contributed by atoms with Crippen LogP contribution in [-0.4, -0.2) is 51.3 Å². The van der Waals surface area contributed by atoms with Crippen LogP contribution in [0.2, 0.25) is 5.02 Å². The minimum Gasteiger partial charge on any atom is -0.767 e. The van der Waals surface area contributed by atoms with Crippen molar-refractivity contribution in [1.82, 2.24) is 19.5 Å². The number of morpholine rings is 1. The van der Waals surface area contributed by atoms with Gasteiger partial charge in [-0.15, -0.1) is 0 Å². The van der Waals surface area contributed by atoms with E-state index in [1.54, 1.807) is 12.1 Å². The lowest BCUT2D eigenvalue weighted by Gasteiger charge is -2.37. The second-order valence-electron chi connectivity index (χ2n) is 11.1. The summed E-state index contributed by atoms with van der Waals surface area (Å²) in [6, 6.07) is 17.5. The molecule has 1 saturated carbocycles. The number of imidazole rings is 1. The number of carbonyl (C=O) groups excluding carboxylic acids is 1. The van der Waals surface area contributed by atoms with Crippen molar-refractivity contribution < 1.29 is 14.3 Å². The van der Waals surface area contributed by atoms with E-state index in [2.05, 4.69) is 38.5 Å². The van der Waals surface area contributed by atoms with Gasteiger partial charge in [-0.3, -0.25) is 0 Å². The van der Waals surface area contributed by atoms with Gasteiger partial charge in [0.15, 0.2) is 11.5 Å². The molecule has 218 valence electrons. The van der Waals surface area contributed by atoms with Crippen LogP contribution in [0.15, 0.2) is 54.6 Å². The number of amides is 1. The molecule has 2 aromatic heterocycles. The van der Waals surface area contributed by atoms with Gasteiger partial charge in [0.25, 0.3) is 0 Å². The topological polar surface area (TPSA) is 131 Å². The van der Waals surface area contributed by atoms with Gasteiger partial charge in [0.2, 0.25) is 5.95 Å². The van der Waals surface area contributed by atoms with Crippen LogP contribution in [0.4, 0.5) is 10.7 Å². The normalized spacial score (nSPS) is 20.9. The number of halogens is 1. The highest BCUT2D eigenvalue weighted by Gasteiger charge is 2.32. The maximum absolute atomic E-state index is 11.4. The lowest BCUT2D eigenvalue weighted by molar-refractivity contribution is 0.0927. The molecule has 3 heterocycles. The molecule has 2 N–H and O–H groups in total. The molecule has 2 fully saturated rings. The third-order valence-corrected chi connectivity index (χ3v) is 8.45. The van der Waals surface area contributed by atoms with Gasteiger partial charge in [-0.25, -0.2) is 14.8 Å². The fourth-order valence-electron chi connectivity index (χ4n) is 6.05. The van der Waals surface area contributed by atoms with Crippen molar-refractivity contribution in [1.29, 1.82) is 0 Å². The molecule has 1 aliphatic heterocycles. The number of ether oxygens (including phenoxy) is 2. The molecule has 0 spiro atoms. The predicted octanol–water partition coefficient (Wildman–Crippen LogP) is 5.96. The first kappa shape index (κ1) is 28.1. The summed E-state index contributed by atoms with van der Waals surface area (Å²) in [6.07, 6.45) is 3.45. The lowest BCUT2D eigenvalue weighted by Crippen LogP contribution is -2.41. The monoisotopic (exact) mass is 586 g/mol. The highest BCUT2D eigenvalue weighted by Crippen LogP contribution is 2.38. The van der Waals surface area contributed by atoms with E-state index >= 15 is 0 Å². The number of hydrogen-bond acceptors (Lipinski definition) is 7. The molecule has 0 bridgehead atoms. The number of rotatable bonds is 6. The van der Waals surface area contributed by atoms with E-state index in [9.17, 15) is 10.2 Å².